The molecule has 1 heterocycles. The second-order valence-corrected chi connectivity index (χ2v) is 5.59. The summed E-state index contributed by atoms with van der Waals surface area (Å²) in [5.74, 6) is -1.23. The first-order valence-electron chi connectivity index (χ1n) is 7.90. The van der Waals surface area contributed by atoms with Crippen LogP contribution >= 0.6 is 0 Å². The fourth-order valence-corrected chi connectivity index (χ4v) is 2.55. The molecule has 0 fully saturated rings. The minimum Gasteiger partial charge on any atom is -0.351 e. The lowest BCUT2D eigenvalue weighted by molar-refractivity contribution is 0.0949. The van der Waals surface area contributed by atoms with Crippen LogP contribution in [0.3, 0.4) is 0 Å². The Labute approximate surface area is 144 Å². The Morgan fingerprint density at radius 1 is 1.12 bits per heavy atom. The summed E-state index contributed by atoms with van der Waals surface area (Å²) in [4.78, 5) is 16.3. The van der Waals surface area contributed by atoms with Gasteiger partial charge < -0.3 is 9.88 Å². The lowest BCUT2D eigenvalue weighted by Crippen LogP contribution is -2.27. The molecule has 1 amide bonds. The van der Waals surface area contributed by atoms with Gasteiger partial charge in [-0.2, -0.15) is 0 Å². The molecule has 4 nitrogen and oxygen atoms in total. The monoisotopic (exact) mass is 341 g/mol. The van der Waals surface area contributed by atoms with Gasteiger partial charge in [-0.3, -0.25) is 4.79 Å². The van der Waals surface area contributed by atoms with Crippen LogP contribution in [0.25, 0.3) is 0 Å². The first-order valence-corrected chi connectivity index (χ1v) is 7.90. The van der Waals surface area contributed by atoms with Gasteiger partial charge in [0, 0.05) is 31.9 Å². The van der Waals surface area contributed by atoms with Gasteiger partial charge in [0.1, 0.15) is 17.5 Å². The van der Waals surface area contributed by atoms with Crippen LogP contribution in [0, 0.1) is 11.6 Å². The Kier molecular flexibility index (Phi) is 5.18. The van der Waals surface area contributed by atoms with Gasteiger partial charge in [0.2, 0.25) is 0 Å². The van der Waals surface area contributed by atoms with Gasteiger partial charge >= 0.3 is 0 Å². The molecular formula is C19H17F2N3O. The van der Waals surface area contributed by atoms with Crippen molar-refractivity contribution >= 4 is 5.91 Å². The molecule has 0 bridgehead atoms. The Hall–Kier alpha value is -3.02. The molecule has 128 valence electrons. The molecule has 3 rings (SSSR count). The molecule has 0 spiro atoms. The van der Waals surface area contributed by atoms with Crippen molar-refractivity contribution in [2.45, 2.75) is 13.0 Å². The number of carbonyl (C=O) groups is 1. The summed E-state index contributed by atoms with van der Waals surface area (Å²) in [6.45, 7) is 0.962. The van der Waals surface area contributed by atoms with E-state index in [-0.39, 0.29) is 12.1 Å². The van der Waals surface area contributed by atoms with E-state index in [2.05, 4.69) is 10.3 Å². The van der Waals surface area contributed by atoms with E-state index in [9.17, 15) is 13.6 Å². The summed E-state index contributed by atoms with van der Waals surface area (Å²) in [5.41, 5.74) is 0.847. The molecule has 25 heavy (non-hydrogen) atoms. The van der Waals surface area contributed by atoms with Gasteiger partial charge in [-0.25, -0.2) is 13.8 Å². The Morgan fingerprint density at radius 2 is 1.92 bits per heavy atom. The molecule has 0 atom stereocenters. The zero-order valence-electron chi connectivity index (χ0n) is 13.5. The van der Waals surface area contributed by atoms with Crippen molar-refractivity contribution in [1.82, 2.24) is 14.9 Å². The quantitative estimate of drug-likeness (QED) is 0.748. The summed E-state index contributed by atoms with van der Waals surface area (Å²) in [5, 5.41) is 2.60. The molecule has 0 unspecified atom stereocenters. The molecule has 3 aromatic rings. The highest BCUT2D eigenvalue weighted by atomic mass is 19.1. The maximum atomic E-state index is 13.6. The third-order valence-corrected chi connectivity index (χ3v) is 3.80. The normalized spacial score (nSPS) is 10.6. The minimum atomic E-state index is -0.746. The molecule has 0 aliphatic carbocycles. The number of imidazole rings is 1. The smallest absolute Gasteiger partial charge is 0.254 e. The van der Waals surface area contributed by atoms with Crippen molar-refractivity contribution in [1.29, 1.82) is 0 Å². The van der Waals surface area contributed by atoms with Crippen molar-refractivity contribution < 1.29 is 13.6 Å². The van der Waals surface area contributed by atoms with Crippen molar-refractivity contribution in [3.05, 3.63) is 89.5 Å². The molecular weight excluding hydrogens is 324 g/mol. The summed E-state index contributed by atoms with van der Waals surface area (Å²) < 4.78 is 28.7. The second-order valence-electron chi connectivity index (χ2n) is 5.59. The average Bonchev–Trinajstić information content (AvgIpc) is 3.05. The molecule has 1 N–H and O–H groups in total. The van der Waals surface area contributed by atoms with Crippen LogP contribution in [0.5, 0.6) is 0 Å². The van der Waals surface area contributed by atoms with Gasteiger partial charge in [0.25, 0.3) is 5.91 Å². The van der Waals surface area contributed by atoms with E-state index in [1.165, 1.54) is 0 Å². The molecule has 6 heteroatoms. The van der Waals surface area contributed by atoms with E-state index in [0.29, 0.717) is 13.0 Å². The highest BCUT2D eigenvalue weighted by molar-refractivity contribution is 5.94. The van der Waals surface area contributed by atoms with Gasteiger partial charge in [-0.15, -0.1) is 0 Å². The van der Waals surface area contributed by atoms with Crippen LogP contribution in [-0.2, 0) is 13.0 Å². The van der Waals surface area contributed by atoms with Gasteiger partial charge in [0.15, 0.2) is 0 Å². The van der Waals surface area contributed by atoms with E-state index in [1.54, 1.807) is 6.20 Å². The third-order valence-electron chi connectivity index (χ3n) is 3.80. The average molecular weight is 341 g/mol. The van der Waals surface area contributed by atoms with E-state index in [1.807, 2.05) is 41.1 Å². The fourth-order valence-electron chi connectivity index (χ4n) is 2.55. The van der Waals surface area contributed by atoms with Crippen molar-refractivity contribution in [3.63, 3.8) is 0 Å². The maximum Gasteiger partial charge on any atom is 0.254 e. The number of halogens is 2. The first-order chi connectivity index (χ1) is 12.1. The highest BCUT2D eigenvalue weighted by Gasteiger charge is 2.13. The Morgan fingerprint density at radius 3 is 2.72 bits per heavy atom. The van der Waals surface area contributed by atoms with Crippen molar-refractivity contribution in [3.8, 4) is 0 Å². The van der Waals surface area contributed by atoms with Crippen LogP contribution in [0.15, 0.2) is 60.9 Å². The number of hydrogen-bond donors (Lipinski definition) is 1. The van der Waals surface area contributed by atoms with Crippen LogP contribution in [0.4, 0.5) is 8.78 Å². The number of carbonyl (C=O) groups excluding carboxylic acids is 1. The highest BCUT2D eigenvalue weighted by Crippen LogP contribution is 2.10. The third kappa shape index (κ3) is 4.29. The zero-order valence-corrected chi connectivity index (χ0v) is 13.5. The minimum absolute atomic E-state index is 0.278. The second kappa shape index (κ2) is 7.70. The molecule has 1 aromatic heterocycles. The van der Waals surface area contributed by atoms with E-state index in [0.717, 1.165) is 29.6 Å². The number of nitrogens with one attached hydrogen (secondary N) is 1. The van der Waals surface area contributed by atoms with Crippen LogP contribution in [0.2, 0.25) is 0 Å². The van der Waals surface area contributed by atoms with Gasteiger partial charge in [0.05, 0.1) is 5.56 Å². The summed E-state index contributed by atoms with van der Waals surface area (Å²) in [7, 11) is 0. The Balaban J connectivity index is 1.59. The zero-order chi connectivity index (χ0) is 17.6. The molecule has 0 saturated carbocycles. The lowest BCUT2D eigenvalue weighted by Gasteiger charge is -2.09. The van der Waals surface area contributed by atoms with Crippen LogP contribution < -0.4 is 5.32 Å². The van der Waals surface area contributed by atoms with Crippen LogP contribution in [-0.4, -0.2) is 22.0 Å². The molecule has 0 aliphatic heterocycles. The number of rotatable bonds is 6. The van der Waals surface area contributed by atoms with Gasteiger partial charge in [-0.1, -0.05) is 30.3 Å². The van der Waals surface area contributed by atoms with Crippen molar-refractivity contribution in [2.75, 3.05) is 6.54 Å². The van der Waals surface area contributed by atoms with Crippen molar-refractivity contribution in [2.24, 2.45) is 0 Å². The molecule has 2 aromatic carbocycles. The largest absolute Gasteiger partial charge is 0.351 e. The molecule has 0 radical (unpaired) electrons. The van der Waals surface area contributed by atoms with Crippen LogP contribution in [0.1, 0.15) is 21.7 Å². The summed E-state index contributed by atoms with van der Waals surface area (Å²) in [6.07, 6.45) is 4.06. The standard InChI is InChI=1S/C19H17F2N3O/c20-15-6-7-17(21)16(12-15)19(25)23-9-8-18-22-10-11-24(18)13-14-4-2-1-3-5-14/h1-7,10-12H,8-9,13H2,(H,23,25). The van der Waals surface area contributed by atoms with Gasteiger partial charge in [-0.05, 0) is 23.8 Å². The summed E-state index contributed by atoms with van der Waals surface area (Å²) in [6, 6.07) is 12.8. The number of nitrogens with zero attached hydrogens (tertiary/aromatic N) is 2. The number of benzene rings is 2. The number of hydrogen-bond acceptors (Lipinski definition) is 2. The van der Waals surface area contributed by atoms with E-state index >= 15 is 0 Å². The molecule has 0 saturated heterocycles. The number of amides is 1. The topological polar surface area (TPSA) is 46.9 Å². The fraction of sp³-hybridized carbons (Fsp3) is 0.158. The first kappa shape index (κ1) is 16.8. The summed E-state index contributed by atoms with van der Waals surface area (Å²) >= 11 is 0. The molecule has 0 aliphatic rings. The maximum absolute atomic E-state index is 13.6. The Bertz CT molecular complexity index is 862. The van der Waals surface area contributed by atoms with E-state index < -0.39 is 17.5 Å². The predicted molar refractivity (Wildman–Crippen MR) is 90.2 cm³/mol. The lowest BCUT2D eigenvalue weighted by atomic mass is 10.2. The van der Waals surface area contributed by atoms with E-state index in [4.69, 9.17) is 0 Å². The predicted octanol–water partition coefficient (Wildman–Crippen LogP) is 3.18. The number of aromatic nitrogens is 2. The SMILES string of the molecule is O=C(NCCc1nccn1Cc1ccccc1)c1cc(F)ccc1F.